The van der Waals surface area contributed by atoms with Crippen LogP contribution in [0.5, 0.6) is 5.75 Å². The number of nitrogens with two attached hydrogens (primary N) is 1. The summed E-state index contributed by atoms with van der Waals surface area (Å²) in [5, 5.41) is 4.43. The predicted molar refractivity (Wildman–Crippen MR) is 192 cm³/mol. The molecular formula is C36H48ClN5O4S. The SMILES string of the molecule is CCN(CC)CCNC(=O)c1cc(Cl)c(N)cc1OC.CN1CCC[C@@H]1Cc1c[nH]c2ccc(CCS(=O)(=O)c3ccccc3)cc12. The number of rotatable bonds is 13. The van der Waals surface area contributed by atoms with Gasteiger partial charge in [0.05, 0.1) is 34.0 Å². The molecule has 1 fully saturated rings. The normalized spacial score (nSPS) is 15.1. The number of aromatic amines is 1. The number of nitrogens with one attached hydrogen (secondary N) is 2. The lowest BCUT2D eigenvalue weighted by atomic mass is 10.0. The van der Waals surface area contributed by atoms with E-state index in [0.717, 1.165) is 37.1 Å². The number of sulfone groups is 1. The highest BCUT2D eigenvalue weighted by Gasteiger charge is 2.22. The third kappa shape index (κ3) is 9.73. The van der Waals surface area contributed by atoms with Crippen LogP contribution in [0, 0.1) is 0 Å². The number of halogens is 1. The molecule has 1 saturated heterocycles. The molecular weight excluding hydrogens is 634 g/mol. The number of methoxy groups -OCH3 is 1. The maximum absolute atomic E-state index is 12.5. The van der Waals surface area contributed by atoms with Gasteiger partial charge in [0.2, 0.25) is 0 Å². The molecule has 0 bridgehead atoms. The minimum Gasteiger partial charge on any atom is -0.496 e. The van der Waals surface area contributed by atoms with Crippen molar-refractivity contribution in [2.24, 2.45) is 0 Å². The zero-order valence-electron chi connectivity index (χ0n) is 27.9. The second-order valence-corrected chi connectivity index (χ2v) is 14.4. The Bertz CT molecular complexity index is 1720. The largest absolute Gasteiger partial charge is 0.496 e. The lowest BCUT2D eigenvalue weighted by molar-refractivity contribution is 0.0946. The number of likely N-dealkylation sites (tertiary alicyclic amines) is 1. The Morgan fingerprint density at radius 1 is 1.13 bits per heavy atom. The quantitative estimate of drug-likeness (QED) is 0.152. The highest BCUT2D eigenvalue weighted by Crippen LogP contribution is 2.29. The van der Waals surface area contributed by atoms with Crippen LogP contribution in [-0.4, -0.2) is 87.8 Å². The van der Waals surface area contributed by atoms with E-state index < -0.39 is 9.84 Å². The Kier molecular flexibility index (Phi) is 13.1. The van der Waals surface area contributed by atoms with Crippen molar-refractivity contribution in [2.45, 2.75) is 50.5 Å². The Morgan fingerprint density at radius 3 is 2.53 bits per heavy atom. The molecule has 1 aliphatic rings. The van der Waals surface area contributed by atoms with Crippen LogP contribution in [0.4, 0.5) is 5.69 Å². The summed E-state index contributed by atoms with van der Waals surface area (Å²) in [6, 6.07) is 18.7. The molecule has 0 unspecified atom stereocenters. The second kappa shape index (κ2) is 17.0. The van der Waals surface area contributed by atoms with Crippen molar-refractivity contribution in [2.75, 3.05) is 58.4 Å². The van der Waals surface area contributed by atoms with Crippen LogP contribution in [-0.2, 0) is 22.7 Å². The van der Waals surface area contributed by atoms with Gasteiger partial charge in [0.25, 0.3) is 5.91 Å². The zero-order chi connectivity index (χ0) is 34.0. The third-order valence-corrected chi connectivity index (χ3v) is 11.0. The van der Waals surface area contributed by atoms with E-state index in [4.69, 9.17) is 22.1 Å². The van der Waals surface area contributed by atoms with Gasteiger partial charge in [-0.15, -0.1) is 0 Å². The number of aromatic nitrogens is 1. The lowest BCUT2D eigenvalue weighted by Gasteiger charge is -2.18. The summed E-state index contributed by atoms with van der Waals surface area (Å²) in [6.45, 7) is 8.67. The number of carbonyl (C=O) groups excluding carboxylic acids is 1. The van der Waals surface area contributed by atoms with E-state index in [1.165, 1.54) is 43.5 Å². The fraction of sp³-hybridized carbons (Fsp3) is 0.417. The van der Waals surface area contributed by atoms with Gasteiger partial charge in [0.1, 0.15) is 5.75 Å². The number of carbonyl (C=O) groups is 1. The van der Waals surface area contributed by atoms with Crippen LogP contribution < -0.4 is 15.8 Å². The molecule has 1 amide bonds. The summed E-state index contributed by atoms with van der Waals surface area (Å²) in [6.07, 6.45) is 6.20. The summed E-state index contributed by atoms with van der Waals surface area (Å²) >= 11 is 5.95. The number of aryl methyl sites for hydroxylation is 1. The first kappa shape index (κ1) is 36.3. The Labute approximate surface area is 284 Å². The number of hydrogen-bond donors (Lipinski definition) is 3. The number of nitrogen functional groups attached to an aromatic ring is 1. The third-order valence-electron chi connectivity index (χ3n) is 8.89. The minimum atomic E-state index is -3.25. The van der Waals surface area contributed by atoms with Gasteiger partial charge in [-0.05, 0) is 93.8 Å². The van der Waals surface area contributed by atoms with Gasteiger partial charge in [-0.3, -0.25) is 4.79 Å². The van der Waals surface area contributed by atoms with E-state index in [0.29, 0.717) is 45.9 Å². The maximum Gasteiger partial charge on any atom is 0.255 e. The summed E-state index contributed by atoms with van der Waals surface area (Å²) < 4.78 is 30.2. The highest BCUT2D eigenvalue weighted by molar-refractivity contribution is 7.91. The molecule has 0 spiro atoms. The van der Waals surface area contributed by atoms with Gasteiger partial charge in [0, 0.05) is 42.3 Å². The molecule has 2 heterocycles. The van der Waals surface area contributed by atoms with Crippen molar-refractivity contribution in [1.82, 2.24) is 20.1 Å². The van der Waals surface area contributed by atoms with Gasteiger partial charge in [-0.25, -0.2) is 8.42 Å². The van der Waals surface area contributed by atoms with Gasteiger partial charge in [-0.1, -0.05) is 49.7 Å². The molecule has 1 aromatic heterocycles. The van der Waals surface area contributed by atoms with Gasteiger partial charge >= 0.3 is 0 Å². The van der Waals surface area contributed by atoms with Crippen molar-refractivity contribution in [3.8, 4) is 5.75 Å². The van der Waals surface area contributed by atoms with Crippen LogP contribution >= 0.6 is 11.6 Å². The van der Waals surface area contributed by atoms with Crippen LogP contribution in [0.1, 0.15) is 48.2 Å². The maximum atomic E-state index is 12.5. The molecule has 11 heteroatoms. The van der Waals surface area contributed by atoms with E-state index in [9.17, 15) is 13.2 Å². The zero-order valence-corrected chi connectivity index (χ0v) is 29.5. The van der Waals surface area contributed by atoms with Crippen molar-refractivity contribution < 1.29 is 17.9 Å². The fourth-order valence-corrected chi connectivity index (χ4v) is 7.39. The van der Waals surface area contributed by atoms with E-state index in [2.05, 4.69) is 59.3 Å². The van der Waals surface area contributed by atoms with Crippen LogP contribution in [0.15, 0.2) is 71.8 Å². The Morgan fingerprint density at radius 2 is 1.87 bits per heavy atom. The molecule has 0 saturated carbocycles. The first-order valence-electron chi connectivity index (χ1n) is 16.3. The number of hydrogen-bond acceptors (Lipinski definition) is 7. The van der Waals surface area contributed by atoms with Crippen LogP contribution in [0.2, 0.25) is 5.02 Å². The highest BCUT2D eigenvalue weighted by atomic mass is 35.5. The number of fused-ring (bicyclic) bond motifs is 1. The summed E-state index contributed by atoms with van der Waals surface area (Å²) in [5.74, 6) is 0.344. The van der Waals surface area contributed by atoms with Crippen molar-refractivity contribution in [3.05, 3.63) is 88.6 Å². The molecule has 4 aromatic rings. The van der Waals surface area contributed by atoms with Crippen molar-refractivity contribution in [1.29, 1.82) is 0 Å². The average molecular weight is 682 g/mol. The van der Waals surface area contributed by atoms with E-state index >= 15 is 0 Å². The molecule has 9 nitrogen and oxygen atoms in total. The Balaban J connectivity index is 0.000000224. The number of amides is 1. The minimum absolute atomic E-state index is 0.133. The number of likely N-dealkylation sites (N-methyl/N-ethyl adjacent to an activating group) is 2. The molecule has 254 valence electrons. The number of ether oxygens (including phenoxy) is 1. The average Bonchev–Trinajstić information content (AvgIpc) is 3.68. The molecule has 1 aliphatic heterocycles. The van der Waals surface area contributed by atoms with Gasteiger partial charge in [-0.2, -0.15) is 0 Å². The monoisotopic (exact) mass is 681 g/mol. The molecule has 4 N–H and O–H groups in total. The molecule has 0 aliphatic carbocycles. The lowest BCUT2D eigenvalue weighted by Crippen LogP contribution is -2.34. The summed E-state index contributed by atoms with van der Waals surface area (Å²) in [7, 11) is 0.447. The smallest absolute Gasteiger partial charge is 0.255 e. The topological polar surface area (TPSA) is 121 Å². The molecule has 3 aromatic carbocycles. The Hall–Kier alpha value is -3.57. The van der Waals surface area contributed by atoms with Crippen molar-refractivity contribution >= 4 is 43.9 Å². The first-order chi connectivity index (χ1) is 22.6. The number of benzene rings is 3. The van der Waals surface area contributed by atoms with E-state index in [1.54, 1.807) is 30.3 Å². The van der Waals surface area contributed by atoms with Gasteiger partial charge < -0.3 is 30.6 Å². The molecule has 0 radical (unpaired) electrons. The molecule has 5 rings (SSSR count). The molecule has 47 heavy (non-hydrogen) atoms. The van der Waals surface area contributed by atoms with Crippen molar-refractivity contribution in [3.63, 3.8) is 0 Å². The standard InChI is InChI=1S/C22H26N2O2S.C14H22ClN3O2/c1-24-12-5-6-19(24)15-18-16-23-22-10-9-17(14-21(18)22)11-13-27(25,26)20-7-3-2-4-8-20;1-4-18(5-2)7-6-17-14(19)10-8-11(15)12(16)9-13(10)20-3/h2-4,7-10,14,16,19,23H,5-6,11-13,15H2,1H3;8-9H,4-7,16H2,1-3H3,(H,17,19)/t19-;/m1./s1. The van der Waals surface area contributed by atoms with E-state index in [1.807, 2.05) is 12.1 Å². The number of anilines is 1. The van der Waals surface area contributed by atoms with E-state index in [-0.39, 0.29) is 11.7 Å². The summed E-state index contributed by atoms with van der Waals surface area (Å²) in [5.41, 5.74) is 10.0. The first-order valence-corrected chi connectivity index (χ1v) is 18.3. The summed E-state index contributed by atoms with van der Waals surface area (Å²) in [4.78, 5) is 20.6. The van der Waals surface area contributed by atoms with Crippen LogP contribution in [0.25, 0.3) is 10.9 Å². The second-order valence-electron chi connectivity index (χ2n) is 11.9. The number of nitrogens with zero attached hydrogens (tertiary/aromatic N) is 2. The fourth-order valence-electron chi connectivity index (χ4n) is 5.92. The number of H-pyrrole nitrogens is 1. The van der Waals surface area contributed by atoms with Gasteiger partial charge in [0.15, 0.2) is 9.84 Å². The predicted octanol–water partition coefficient (Wildman–Crippen LogP) is 5.82. The molecule has 1 atom stereocenters. The van der Waals surface area contributed by atoms with Crippen LogP contribution in [0.3, 0.4) is 0 Å².